The van der Waals surface area contributed by atoms with Gasteiger partial charge in [0, 0.05) is 29.7 Å². The van der Waals surface area contributed by atoms with Crippen molar-refractivity contribution in [2.75, 3.05) is 19.7 Å². The van der Waals surface area contributed by atoms with Gasteiger partial charge < -0.3 is 19.9 Å². The van der Waals surface area contributed by atoms with Crippen molar-refractivity contribution in [1.82, 2.24) is 9.88 Å². The van der Waals surface area contributed by atoms with Crippen molar-refractivity contribution in [2.24, 2.45) is 0 Å². The van der Waals surface area contributed by atoms with Gasteiger partial charge in [0.05, 0.1) is 5.60 Å². The fourth-order valence-electron chi connectivity index (χ4n) is 3.54. The van der Waals surface area contributed by atoms with E-state index >= 15 is 0 Å². The highest BCUT2D eigenvalue weighted by atomic mass is 16.5. The molecule has 0 amide bonds. The molecule has 3 N–H and O–H groups in total. The average molecular weight is 318 g/mol. The second kappa shape index (κ2) is 6.51. The summed E-state index contributed by atoms with van der Waals surface area (Å²) in [6.45, 7) is 5.37. The highest BCUT2D eigenvalue weighted by molar-refractivity contribution is 5.85. The summed E-state index contributed by atoms with van der Waals surface area (Å²) < 4.78 is 5.81. The second-order valence-corrected chi connectivity index (χ2v) is 6.97. The normalized spacial score (nSPS) is 21.0. The smallest absolute Gasteiger partial charge is 0.128 e. The van der Waals surface area contributed by atoms with Crippen molar-refractivity contribution in [3.8, 4) is 5.75 Å². The molecule has 2 heterocycles. The van der Waals surface area contributed by atoms with Crippen molar-refractivity contribution in [1.29, 1.82) is 0 Å². The summed E-state index contributed by atoms with van der Waals surface area (Å²) in [6.07, 6.45) is 3.34. The Hall–Kier alpha value is -1.56. The molecule has 126 valence electrons. The molecular formula is C18H26N2O3. The van der Waals surface area contributed by atoms with Crippen molar-refractivity contribution < 1.29 is 14.9 Å². The Morgan fingerprint density at radius 2 is 2.22 bits per heavy atom. The number of nitrogens with zero attached hydrogens (tertiary/aromatic N) is 1. The number of aliphatic hydroxyl groups is 2. The molecule has 5 heteroatoms. The van der Waals surface area contributed by atoms with Gasteiger partial charge in [0.15, 0.2) is 0 Å². The zero-order valence-electron chi connectivity index (χ0n) is 13.8. The quantitative estimate of drug-likeness (QED) is 0.763. The third kappa shape index (κ3) is 3.68. The van der Waals surface area contributed by atoms with Crippen LogP contribution in [0.15, 0.2) is 30.5 Å². The predicted molar refractivity (Wildman–Crippen MR) is 90.7 cm³/mol. The molecule has 0 bridgehead atoms. The number of nitrogens with one attached hydrogen (secondary N) is 1. The second-order valence-electron chi connectivity index (χ2n) is 6.97. The van der Waals surface area contributed by atoms with Crippen LogP contribution in [-0.2, 0) is 0 Å². The minimum atomic E-state index is -0.742. The Morgan fingerprint density at radius 1 is 1.39 bits per heavy atom. The van der Waals surface area contributed by atoms with Crippen LogP contribution in [-0.4, -0.2) is 57.5 Å². The van der Waals surface area contributed by atoms with E-state index in [2.05, 4.69) is 9.88 Å². The number of aromatic amines is 1. The maximum absolute atomic E-state index is 10.3. The van der Waals surface area contributed by atoms with Crippen LogP contribution < -0.4 is 4.74 Å². The predicted octanol–water partition coefficient (Wildman–Crippen LogP) is 2.14. The Bertz CT molecular complexity index is 647. The fourth-order valence-corrected chi connectivity index (χ4v) is 3.54. The number of likely N-dealkylation sites (tertiary alicyclic amines) is 1. The number of H-pyrrole nitrogens is 1. The van der Waals surface area contributed by atoms with Crippen LogP contribution in [0.3, 0.4) is 0 Å². The van der Waals surface area contributed by atoms with Crippen LogP contribution >= 0.6 is 0 Å². The molecule has 1 fully saturated rings. The molecule has 2 atom stereocenters. The number of hydrogen-bond donors (Lipinski definition) is 3. The molecule has 0 spiro atoms. The number of benzene rings is 1. The minimum Gasteiger partial charge on any atom is -0.490 e. The van der Waals surface area contributed by atoms with E-state index in [4.69, 9.17) is 4.74 Å². The number of hydrogen-bond acceptors (Lipinski definition) is 4. The molecule has 1 saturated heterocycles. The maximum Gasteiger partial charge on any atom is 0.128 e. The molecule has 3 rings (SSSR count). The van der Waals surface area contributed by atoms with Gasteiger partial charge in [0.1, 0.15) is 18.5 Å². The summed E-state index contributed by atoms with van der Waals surface area (Å²) in [5.74, 6) is 0.781. The molecule has 0 aliphatic carbocycles. The van der Waals surface area contributed by atoms with Gasteiger partial charge in [-0.1, -0.05) is 6.07 Å². The van der Waals surface area contributed by atoms with E-state index in [-0.39, 0.29) is 12.6 Å². The van der Waals surface area contributed by atoms with Gasteiger partial charge in [-0.25, -0.2) is 0 Å². The average Bonchev–Trinajstić information content (AvgIpc) is 3.12. The molecule has 23 heavy (non-hydrogen) atoms. The monoisotopic (exact) mass is 318 g/mol. The van der Waals surface area contributed by atoms with E-state index < -0.39 is 11.7 Å². The summed E-state index contributed by atoms with van der Waals surface area (Å²) in [5.41, 5.74) is 0.284. The van der Waals surface area contributed by atoms with Gasteiger partial charge in [-0.2, -0.15) is 0 Å². The van der Waals surface area contributed by atoms with Crippen LogP contribution in [0.2, 0.25) is 0 Å². The minimum absolute atomic E-state index is 0.102. The summed E-state index contributed by atoms with van der Waals surface area (Å²) >= 11 is 0. The van der Waals surface area contributed by atoms with Crippen LogP contribution in [0.5, 0.6) is 5.75 Å². The zero-order chi connectivity index (χ0) is 16.4. The number of rotatable bonds is 6. The van der Waals surface area contributed by atoms with Crippen molar-refractivity contribution in [3.63, 3.8) is 0 Å². The summed E-state index contributed by atoms with van der Waals surface area (Å²) in [6, 6.07) is 7.92. The Morgan fingerprint density at radius 3 is 3.00 bits per heavy atom. The molecule has 1 aromatic carbocycles. The summed E-state index contributed by atoms with van der Waals surface area (Å²) in [4.78, 5) is 5.32. The third-order valence-corrected chi connectivity index (χ3v) is 4.61. The lowest BCUT2D eigenvalue weighted by Gasteiger charge is -2.34. The standard InChI is InChI=1S/C18H26N2O3/c1-18(2,22)17-7-4-10-20(17)11-13(21)12-23-16-6-3-5-15-14(16)8-9-19-15/h3,5-6,8-9,13,17,19,21-22H,4,7,10-12H2,1-2H3. The number of ether oxygens (including phenoxy) is 1. The molecule has 0 radical (unpaired) electrons. The lowest BCUT2D eigenvalue weighted by atomic mass is 9.96. The first-order valence-corrected chi connectivity index (χ1v) is 8.28. The SMILES string of the molecule is CC(C)(O)C1CCCN1CC(O)COc1cccc2[nH]ccc12. The van der Waals surface area contributed by atoms with Gasteiger partial charge in [-0.3, -0.25) is 4.90 Å². The molecule has 2 aromatic rings. The van der Waals surface area contributed by atoms with Gasteiger partial charge in [0.25, 0.3) is 0 Å². The van der Waals surface area contributed by atoms with Crippen molar-refractivity contribution in [3.05, 3.63) is 30.5 Å². The van der Waals surface area contributed by atoms with E-state index in [1.807, 2.05) is 44.3 Å². The lowest BCUT2D eigenvalue weighted by Crippen LogP contribution is -2.48. The highest BCUT2D eigenvalue weighted by Gasteiger charge is 2.36. The molecule has 5 nitrogen and oxygen atoms in total. The molecular weight excluding hydrogens is 292 g/mol. The third-order valence-electron chi connectivity index (χ3n) is 4.61. The first-order valence-electron chi connectivity index (χ1n) is 8.28. The lowest BCUT2D eigenvalue weighted by molar-refractivity contribution is -0.0209. The van der Waals surface area contributed by atoms with Crippen LogP contribution in [0, 0.1) is 0 Å². The largest absolute Gasteiger partial charge is 0.490 e. The number of aliphatic hydroxyl groups excluding tert-OH is 1. The fraction of sp³-hybridized carbons (Fsp3) is 0.556. The number of β-amino-alcohol motifs (C(OH)–C–C–N with tert-alkyl or cyclic N) is 1. The van der Waals surface area contributed by atoms with Gasteiger partial charge in [-0.05, 0) is 51.4 Å². The summed E-state index contributed by atoms with van der Waals surface area (Å²) in [7, 11) is 0. The van der Waals surface area contributed by atoms with Gasteiger partial charge in [0.2, 0.25) is 0 Å². The number of fused-ring (bicyclic) bond motifs is 1. The molecule has 1 aliphatic rings. The first kappa shape index (κ1) is 16.3. The van der Waals surface area contributed by atoms with E-state index in [9.17, 15) is 10.2 Å². The van der Waals surface area contributed by atoms with Gasteiger partial charge in [-0.15, -0.1) is 0 Å². The molecule has 1 aromatic heterocycles. The van der Waals surface area contributed by atoms with Crippen LogP contribution in [0.25, 0.3) is 10.9 Å². The van der Waals surface area contributed by atoms with E-state index in [1.54, 1.807) is 0 Å². The molecule has 0 saturated carbocycles. The van der Waals surface area contributed by atoms with Crippen LogP contribution in [0.4, 0.5) is 0 Å². The Labute approximate surface area is 136 Å². The number of aromatic nitrogens is 1. The highest BCUT2D eigenvalue weighted by Crippen LogP contribution is 2.27. The van der Waals surface area contributed by atoms with Crippen molar-refractivity contribution >= 4 is 10.9 Å². The Balaban J connectivity index is 1.57. The summed E-state index contributed by atoms with van der Waals surface area (Å²) in [5, 5.41) is 21.6. The Kier molecular flexibility index (Phi) is 4.62. The maximum atomic E-state index is 10.3. The topological polar surface area (TPSA) is 68.7 Å². The molecule has 1 aliphatic heterocycles. The van der Waals surface area contributed by atoms with E-state index in [0.29, 0.717) is 6.54 Å². The van der Waals surface area contributed by atoms with Crippen LogP contribution in [0.1, 0.15) is 26.7 Å². The van der Waals surface area contributed by atoms with Gasteiger partial charge >= 0.3 is 0 Å². The zero-order valence-corrected chi connectivity index (χ0v) is 13.8. The van der Waals surface area contributed by atoms with E-state index in [1.165, 1.54) is 0 Å². The molecule has 2 unspecified atom stereocenters. The van der Waals surface area contributed by atoms with Crippen molar-refractivity contribution in [2.45, 2.75) is 44.4 Å². The first-order chi connectivity index (χ1) is 10.9. The van der Waals surface area contributed by atoms with E-state index in [0.717, 1.165) is 36.0 Å².